The smallest absolute Gasteiger partial charge is 0.245 e. The van der Waals surface area contributed by atoms with Gasteiger partial charge in [0.1, 0.15) is 4.90 Å². The maximum absolute atomic E-state index is 12.5. The molecule has 112 valence electrons. The molecule has 0 spiro atoms. The predicted molar refractivity (Wildman–Crippen MR) is 76.6 cm³/mol. The molecule has 1 aliphatic heterocycles. The van der Waals surface area contributed by atoms with Crippen LogP contribution >= 0.6 is 0 Å². The number of nitrogen functional groups attached to an aromatic ring is 1. The van der Waals surface area contributed by atoms with Crippen molar-refractivity contribution in [3.63, 3.8) is 0 Å². The van der Waals surface area contributed by atoms with E-state index in [1.807, 2.05) is 0 Å². The third-order valence-corrected chi connectivity index (χ3v) is 6.41. The van der Waals surface area contributed by atoms with Crippen LogP contribution in [0, 0.1) is 0 Å². The molecule has 8 heteroatoms. The summed E-state index contributed by atoms with van der Waals surface area (Å²) >= 11 is 0. The van der Waals surface area contributed by atoms with Gasteiger partial charge in [-0.15, -0.1) is 0 Å². The largest absolute Gasteiger partial charge is 0.398 e. The molecule has 0 aromatic heterocycles. The summed E-state index contributed by atoms with van der Waals surface area (Å²) in [6.45, 7) is 0.899. The summed E-state index contributed by atoms with van der Waals surface area (Å²) in [6, 6.07) is 3.79. The van der Waals surface area contributed by atoms with Gasteiger partial charge in [-0.3, -0.25) is 0 Å². The van der Waals surface area contributed by atoms with Crippen LogP contribution in [0.5, 0.6) is 0 Å². The highest BCUT2D eigenvalue weighted by Gasteiger charge is 2.28. The van der Waals surface area contributed by atoms with E-state index in [1.165, 1.54) is 16.4 Å². The van der Waals surface area contributed by atoms with E-state index in [9.17, 15) is 16.8 Å². The van der Waals surface area contributed by atoms with Gasteiger partial charge in [0.05, 0.1) is 10.6 Å². The van der Waals surface area contributed by atoms with Crippen LogP contribution in [0.25, 0.3) is 0 Å². The van der Waals surface area contributed by atoms with Crippen molar-refractivity contribution in [2.75, 3.05) is 25.1 Å². The minimum absolute atomic E-state index is 0.0396. The fraction of sp³-hybridized carbons (Fsp3) is 0.500. The fourth-order valence-electron chi connectivity index (χ4n) is 2.21. The molecule has 20 heavy (non-hydrogen) atoms. The predicted octanol–water partition coefficient (Wildman–Crippen LogP) is 0.847. The van der Waals surface area contributed by atoms with E-state index in [2.05, 4.69) is 0 Å². The van der Waals surface area contributed by atoms with Gasteiger partial charge in [-0.05, 0) is 31.0 Å². The summed E-state index contributed by atoms with van der Waals surface area (Å²) in [5, 5.41) is 0. The highest BCUT2D eigenvalue weighted by Crippen LogP contribution is 2.27. The number of nitrogens with two attached hydrogens (primary N) is 1. The van der Waals surface area contributed by atoms with Gasteiger partial charge in [0.15, 0.2) is 9.84 Å². The maximum atomic E-state index is 12.5. The number of hydrogen-bond acceptors (Lipinski definition) is 5. The fourth-order valence-corrected chi connectivity index (χ4v) is 4.59. The zero-order valence-electron chi connectivity index (χ0n) is 11.2. The molecule has 0 atom stereocenters. The first-order valence-corrected chi connectivity index (χ1v) is 9.66. The van der Waals surface area contributed by atoms with E-state index in [0.717, 1.165) is 31.6 Å². The summed E-state index contributed by atoms with van der Waals surface area (Å²) in [7, 11) is -7.20. The molecule has 0 amide bonds. The lowest BCUT2D eigenvalue weighted by Gasteiger charge is -2.26. The lowest BCUT2D eigenvalue weighted by atomic mass is 10.2. The first-order valence-electron chi connectivity index (χ1n) is 6.32. The van der Waals surface area contributed by atoms with E-state index < -0.39 is 19.9 Å². The second-order valence-corrected chi connectivity index (χ2v) is 8.86. The van der Waals surface area contributed by atoms with Crippen molar-refractivity contribution in [2.45, 2.75) is 29.1 Å². The molecular weight excluding hydrogens is 300 g/mol. The average Bonchev–Trinajstić information content (AvgIpc) is 2.38. The Hall–Kier alpha value is -1.12. The van der Waals surface area contributed by atoms with E-state index in [4.69, 9.17) is 5.73 Å². The number of piperidine rings is 1. The van der Waals surface area contributed by atoms with E-state index in [0.29, 0.717) is 13.1 Å². The Kier molecular flexibility index (Phi) is 4.08. The summed E-state index contributed by atoms with van der Waals surface area (Å²) in [6.07, 6.45) is 3.66. The van der Waals surface area contributed by atoms with Gasteiger partial charge in [-0.25, -0.2) is 16.8 Å². The van der Waals surface area contributed by atoms with Crippen molar-refractivity contribution in [3.8, 4) is 0 Å². The monoisotopic (exact) mass is 318 g/mol. The van der Waals surface area contributed by atoms with Crippen molar-refractivity contribution in [1.29, 1.82) is 0 Å². The molecule has 1 aliphatic rings. The topological polar surface area (TPSA) is 97.5 Å². The molecule has 2 rings (SSSR count). The minimum atomic E-state index is -3.73. The normalized spacial score (nSPS) is 18.1. The van der Waals surface area contributed by atoms with Crippen LogP contribution in [0.2, 0.25) is 0 Å². The summed E-state index contributed by atoms with van der Waals surface area (Å²) in [5.41, 5.74) is 5.80. The van der Waals surface area contributed by atoms with Crippen LogP contribution < -0.4 is 5.73 Å². The first-order chi connectivity index (χ1) is 9.23. The number of sulfone groups is 1. The number of rotatable bonds is 3. The Balaban J connectivity index is 2.50. The lowest BCUT2D eigenvalue weighted by molar-refractivity contribution is 0.347. The van der Waals surface area contributed by atoms with Gasteiger partial charge in [0.25, 0.3) is 0 Å². The van der Waals surface area contributed by atoms with E-state index in [-0.39, 0.29) is 15.5 Å². The molecule has 0 bridgehead atoms. The van der Waals surface area contributed by atoms with Crippen LogP contribution in [0.1, 0.15) is 19.3 Å². The Morgan fingerprint density at radius 2 is 1.65 bits per heavy atom. The van der Waals surface area contributed by atoms with Crippen molar-refractivity contribution in [2.24, 2.45) is 0 Å². The highest BCUT2D eigenvalue weighted by molar-refractivity contribution is 7.91. The molecule has 1 aromatic carbocycles. The number of anilines is 1. The van der Waals surface area contributed by atoms with Gasteiger partial charge in [0.2, 0.25) is 10.0 Å². The van der Waals surface area contributed by atoms with Crippen LogP contribution in [0.3, 0.4) is 0 Å². The molecular formula is C12H18N2O4S2. The van der Waals surface area contributed by atoms with Gasteiger partial charge < -0.3 is 5.73 Å². The molecule has 6 nitrogen and oxygen atoms in total. The number of benzene rings is 1. The Bertz CT molecular complexity index is 705. The van der Waals surface area contributed by atoms with Crippen molar-refractivity contribution in [3.05, 3.63) is 18.2 Å². The Labute approximate surface area is 119 Å². The van der Waals surface area contributed by atoms with Crippen molar-refractivity contribution in [1.82, 2.24) is 4.31 Å². The number of sulfonamides is 1. The number of nitrogens with zero attached hydrogens (tertiary/aromatic N) is 1. The first kappa shape index (κ1) is 15.3. The third kappa shape index (κ3) is 2.97. The van der Waals surface area contributed by atoms with Crippen LogP contribution in [0.15, 0.2) is 28.0 Å². The summed E-state index contributed by atoms with van der Waals surface area (Å²) in [4.78, 5) is -0.162. The zero-order valence-corrected chi connectivity index (χ0v) is 12.9. The van der Waals surface area contributed by atoms with E-state index >= 15 is 0 Å². The average molecular weight is 318 g/mol. The summed E-state index contributed by atoms with van der Waals surface area (Å²) < 4.78 is 49.5. The van der Waals surface area contributed by atoms with Crippen molar-refractivity contribution < 1.29 is 16.8 Å². The molecule has 2 N–H and O–H groups in total. The molecule has 1 aromatic rings. The number of hydrogen-bond donors (Lipinski definition) is 1. The van der Waals surface area contributed by atoms with Crippen LogP contribution in [-0.4, -0.2) is 40.5 Å². The zero-order chi connectivity index (χ0) is 15.0. The Morgan fingerprint density at radius 1 is 1.05 bits per heavy atom. The minimum Gasteiger partial charge on any atom is -0.398 e. The van der Waals surface area contributed by atoms with Gasteiger partial charge in [0, 0.05) is 19.3 Å². The summed E-state index contributed by atoms with van der Waals surface area (Å²) in [5.74, 6) is 0. The standard InChI is InChI=1S/C12H18N2O4S2/c1-19(15,16)10-5-6-11(13)12(9-10)20(17,18)14-7-3-2-4-8-14/h5-6,9H,2-4,7-8,13H2,1H3. The van der Waals surface area contributed by atoms with Gasteiger partial charge in [-0.2, -0.15) is 4.31 Å². The van der Waals surface area contributed by atoms with Gasteiger partial charge in [-0.1, -0.05) is 6.42 Å². The molecule has 1 saturated heterocycles. The molecule has 1 heterocycles. The SMILES string of the molecule is CS(=O)(=O)c1ccc(N)c(S(=O)(=O)N2CCCCC2)c1. The third-order valence-electron chi connectivity index (χ3n) is 3.35. The lowest BCUT2D eigenvalue weighted by Crippen LogP contribution is -2.36. The molecule has 0 unspecified atom stereocenters. The molecule has 0 saturated carbocycles. The second kappa shape index (κ2) is 5.34. The molecule has 0 radical (unpaired) electrons. The quantitative estimate of drug-likeness (QED) is 0.833. The second-order valence-electron chi connectivity index (χ2n) is 4.94. The highest BCUT2D eigenvalue weighted by atomic mass is 32.2. The van der Waals surface area contributed by atoms with Gasteiger partial charge >= 0.3 is 0 Å². The van der Waals surface area contributed by atoms with E-state index in [1.54, 1.807) is 0 Å². The van der Waals surface area contributed by atoms with Crippen LogP contribution in [-0.2, 0) is 19.9 Å². The molecule has 1 fully saturated rings. The molecule has 0 aliphatic carbocycles. The van der Waals surface area contributed by atoms with Crippen molar-refractivity contribution >= 4 is 25.5 Å². The van der Waals surface area contributed by atoms with Crippen LogP contribution in [0.4, 0.5) is 5.69 Å². The maximum Gasteiger partial charge on any atom is 0.245 e. The Morgan fingerprint density at radius 3 is 2.20 bits per heavy atom.